The molecule has 1 aliphatic rings. The summed E-state index contributed by atoms with van der Waals surface area (Å²) in [6.07, 6.45) is 1.40. The third-order valence-electron chi connectivity index (χ3n) is 3.39. The first-order valence-electron chi connectivity index (χ1n) is 5.93. The number of aryl methyl sites for hydroxylation is 2. The Morgan fingerprint density at radius 3 is 2.60 bits per heavy atom. The zero-order valence-corrected chi connectivity index (χ0v) is 10.9. The average Bonchev–Trinajstić information content (AvgIpc) is 2.78. The van der Waals surface area contributed by atoms with Crippen molar-refractivity contribution in [2.45, 2.75) is 40.2 Å². The van der Waals surface area contributed by atoms with Crippen LogP contribution >= 0.6 is 11.3 Å². The van der Waals surface area contributed by atoms with Gasteiger partial charge in [0, 0.05) is 15.8 Å². The fraction of sp³-hybridized carbons (Fsp3) is 0.692. The highest BCUT2D eigenvalue weighted by molar-refractivity contribution is 7.12. The van der Waals surface area contributed by atoms with Crippen LogP contribution in [0.15, 0.2) is 6.07 Å². The van der Waals surface area contributed by atoms with Gasteiger partial charge in [0.15, 0.2) is 0 Å². The molecule has 1 aliphatic carbocycles. The Morgan fingerprint density at radius 1 is 1.53 bits per heavy atom. The first-order chi connectivity index (χ1) is 7.13. The Kier molecular flexibility index (Phi) is 3.17. The largest absolute Gasteiger partial charge is 0.309 e. The maximum Gasteiger partial charge on any atom is 0.0448 e. The second kappa shape index (κ2) is 4.26. The number of thiophene rings is 1. The third kappa shape index (κ3) is 2.26. The van der Waals surface area contributed by atoms with Gasteiger partial charge in [0.2, 0.25) is 0 Å². The number of hydrogen-bond acceptors (Lipinski definition) is 2. The predicted octanol–water partition coefficient (Wildman–Crippen LogP) is 3.67. The summed E-state index contributed by atoms with van der Waals surface area (Å²) in [5, 5.41) is 3.66. The topological polar surface area (TPSA) is 12.0 Å². The minimum Gasteiger partial charge on any atom is -0.309 e. The highest BCUT2D eigenvalue weighted by Gasteiger charge is 2.40. The number of rotatable bonds is 4. The van der Waals surface area contributed by atoms with Gasteiger partial charge in [-0.3, -0.25) is 0 Å². The van der Waals surface area contributed by atoms with Crippen molar-refractivity contribution < 1.29 is 0 Å². The van der Waals surface area contributed by atoms with E-state index >= 15 is 0 Å². The van der Waals surface area contributed by atoms with E-state index in [1.165, 1.54) is 16.9 Å². The van der Waals surface area contributed by atoms with Gasteiger partial charge < -0.3 is 5.32 Å². The summed E-state index contributed by atoms with van der Waals surface area (Å²) < 4.78 is 0. The van der Waals surface area contributed by atoms with Crippen molar-refractivity contribution in [2.24, 2.45) is 11.8 Å². The maximum absolute atomic E-state index is 3.66. The van der Waals surface area contributed by atoms with Gasteiger partial charge in [0.25, 0.3) is 0 Å². The molecule has 1 aromatic heterocycles. The van der Waals surface area contributed by atoms with Crippen molar-refractivity contribution in [3.63, 3.8) is 0 Å². The van der Waals surface area contributed by atoms with Crippen LogP contribution in [-0.4, -0.2) is 6.54 Å². The summed E-state index contributed by atoms with van der Waals surface area (Å²) in [4.78, 5) is 3.02. The lowest BCUT2D eigenvalue weighted by Gasteiger charge is -2.17. The second-order valence-electron chi connectivity index (χ2n) is 4.82. The molecule has 0 radical (unpaired) electrons. The SMILES string of the molecule is CCNC(c1sc(C)cc1C)C1CC1C. The van der Waals surface area contributed by atoms with Crippen LogP contribution in [0.3, 0.4) is 0 Å². The Hall–Kier alpha value is -0.340. The van der Waals surface area contributed by atoms with Gasteiger partial charge in [0.05, 0.1) is 0 Å². The third-order valence-corrected chi connectivity index (χ3v) is 4.62. The molecule has 1 saturated carbocycles. The molecular formula is C13H21NS. The van der Waals surface area contributed by atoms with E-state index in [0.717, 1.165) is 18.4 Å². The summed E-state index contributed by atoms with van der Waals surface area (Å²) >= 11 is 1.97. The van der Waals surface area contributed by atoms with Crippen molar-refractivity contribution in [1.82, 2.24) is 5.32 Å². The first-order valence-corrected chi connectivity index (χ1v) is 6.75. The molecule has 1 aromatic rings. The Balaban J connectivity index is 2.20. The molecule has 0 amide bonds. The maximum atomic E-state index is 3.66. The molecule has 84 valence electrons. The smallest absolute Gasteiger partial charge is 0.0448 e. The minimum atomic E-state index is 0.615. The number of hydrogen-bond donors (Lipinski definition) is 1. The average molecular weight is 223 g/mol. The van der Waals surface area contributed by atoms with Crippen LogP contribution in [0.1, 0.15) is 41.6 Å². The molecule has 3 unspecified atom stereocenters. The van der Waals surface area contributed by atoms with E-state index in [4.69, 9.17) is 0 Å². The van der Waals surface area contributed by atoms with Crippen LogP contribution in [0.5, 0.6) is 0 Å². The Morgan fingerprint density at radius 2 is 2.20 bits per heavy atom. The molecule has 1 fully saturated rings. The molecule has 0 spiro atoms. The molecule has 0 bridgehead atoms. The van der Waals surface area contributed by atoms with Crippen LogP contribution in [0.4, 0.5) is 0 Å². The minimum absolute atomic E-state index is 0.615. The van der Waals surface area contributed by atoms with Gasteiger partial charge in [-0.25, -0.2) is 0 Å². The molecule has 1 heterocycles. The second-order valence-corrected chi connectivity index (χ2v) is 6.10. The van der Waals surface area contributed by atoms with E-state index in [-0.39, 0.29) is 0 Å². The summed E-state index contributed by atoms with van der Waals surface area (Å²) in [5.74, 6) is 1.79. The highest BCUT2D eigenvalue weighted by Crippen LogP contribution is 2.48. The molecule has 3 atom stereocenters. The van der Waals surface area contributed by atoms with E-state index in [1.807, 2.05) is 11.3 Å². The molecule has 15 heavy (non-hydrogen) atoms. The lowest BCUT2D eigenvalue weighted by atomic mass is 10.1. The lowest BCUT2D eigenvalue weighted by molar-refractivity contribution is 0.481. The molecule has 2 rings (SSSR count). The summed E-state index contributed by atoms with van der Waals surface area (Å²) in [6.45, 7) is 10.1. The quantitative estimate of drug-likeness (QED) is 0.821. The van der Waals surface area contributed by atoms with Gasteiger partial charge in [-0.05, 0) is 50.3 Å². The fourth-order valence-corrected chi connectivity index (χ4v) is 3.63. The molecule has 1 nitrogen and oxygen atoms in total. The Labute approximate surface area is 96.9 Å². The van der Waals surface area contributed by atoms with Gasteiger partial charge >= 0.3 is 0 Å². The van der Waals surface area contributed by atoms with Crippen molar-refractivity contribution in [1.29, 1.82) is 0 Å². The summed E-state index contributed by atoms with van der Waals surface area (Å²) in [6, 6.07) is 2.93. The summed E-state index contributed by atoms with van der Waals surface area (Å²) in [5.41, 5.74) is 1.47. The van der Waals surface area contributed by atoms with Crippen molar-refractivity contribution >= 4 is 11.3 Å². The molecule has 2 heteroatoms. The zero-order chi connectivity index (χ0) is 11.0. The van der Waals surface area contributed by atoms with Crippen LogP contribution in [0, 0.1) is 25.7 Å². The lowest BCUT2D eigenvalue weighted by Crippen LogP contribution is -2.22. The molecule has 0 aromatic carbocycles. The van der Waals surface area contributed by atoms with E-state index in [1.54, 1.807) is 4.88 Å². The van der Waals surface area contributed by atoms with Crippen LogP contribution < -0.4 is 5.32 Å². The molecule has 0 aliphatic heterocycles. The normalized spacial score (nSPS) is 26.7. The first kappa shape index (κ1) is 11.2. The fourth-order valence-electron chi connectivity index (χ4n) is 2.44. The van der Waals surface area contributed by atoms with Crippen molar-refractivity contribution in [2.75, 3.05) is 6.54 Å². The molecular weight excluding hydrogens is 202 g/mol. The monoisotopic (exact) mass is 223 g/mol. The van der Waals surface area contributed by atoms with Gasteiger partial charge in [-0.2, -0.15) is 0 Å². The number of nitrogens with one attached hydrogen (secondary N) is 1. The standard InChI is InChI=1S/C13H21NS/c1-5-14-12(11-7-8(11)2)13-9(3)6-10(4)15-13/h6,8,11-12,14H,5,7H2,1-4H3. The van der Waals surface area contributed by atoms with Crippen molar-refractivity contribution in [3.8, 4) is 0 Å². The highest BCUT2D eigenvalue weighted by atomic mass is 32.1. The van der Waals surface area contributed by atoms with E-state index in [9.17, 15) is 0 Å². The predicted molar refractivity (Wildman–Crippen MR) is 67.5 cm³/mol. The van der Waals surface area contributed by atoms with Crippen LogP contribution in [0.2, 0.25) is 0 Å². The molecule has 1 N–H and O–H groups in total. The zero-order valence-electron chi connectivity index (χ0n) is 10.1. The summed E-state index contributed by atoms with van der Waals surface area (Å²) in [7, 11) is 0. The van der Waals surface area contributed by atoms with Gasteiger partial charge in [-0.1, -0.05) is 13.8 Å². The van der Waals surface area contributed by atoms with E-state index in [2.05, 4.69) is 39.1 Å². The molecule has 0 saturated heterocycles. The van der Waals surface area contributed by atoms with E-state index in [0.29, 0.717) is 6.04 Å². The van der Waals surface area contributed by atoms with Crippen LogP contribution in [-0.2, 0) is 0 Å². The van der Waals surface area contributed by atoms with Crippen LogP contribution in [0.25, 0.3) is 0 Å². The Bertz CT molecular complexity index is 342. The van der Waals surface area contributed by atoms with Gasteiger partial charge in [0.1, 0.15) is 0 Å². The van der Waals surface area contributed by atoms with E-state index < -0.39 is 0 Å². The van der Waals surface area contributed by atoms with Crippen molar-refractivity contribution in [3.05, 3.63) is 21.4 Å². The van der Waals surface area contributed by atoms with Gasteiger partial charge in [-0.15, -0.1) is 11.3 Å².